The first-order valence-corrected chi connectivity index (χ1v) is 6.40. The van der Waals surface area contributed by atoms with Crippen LogP contribution in [0.5, 0.6) is 0 Å². The van der Waals surface area contributed by atoms with Gasteiger partial charge in [0.25, 0.3) is 0 Å². The molecule has 3 heteroatoms. The van der Waals surface area contributed by atoms with Crippen LogP contribution in [0.2, 0.25) is 0 Å². The van der Waals surface area contributed by atoms with Gasteiger partial charge in [0.05, 0.1) is 0 Å². The molecule has 0 unspecified atom stereocenters. The van der Waals surface area contributed by atoms with E-state index in [1.807, 2.05) is 23.9 Å². The molecule has 1 aromatic rings. The fourth-order valence-corrected chi connectivity index (χ4v) is 2.28. The third-order valence-corrected chi connectivity index (χ3v) is 3.29. The van der Waals surface area contributed by atoms with Crippen LogP contribution in [0.1, 0.15) is 30.9 Å². The smallest absolute Gasteiger partial charge is 0.122 e. The Kier molecular flexibility index (Phi) is 5.26. The number of nitrogen functional groups attached to an aromatic ring is 1. The van der Waals surface area contributed by atoms with Gasteiger partial charge in [-0.25, -0.2) is 0 Å². The first kappa shape index (κ1) is 12.1. The Balaban J connectivity index is 2.39. The van der Waals surface area contributed by atoms with Crippen molar-refractivity contribution in [2.24, 2.45) is 5.73 Å². The third kappa shape index (κ3) is 4.38. The van der Waals surface area contributed by atoms with E-state index in [0.717, 1.165) is 11.3 Å². The van der Waals surface area contributed by atoms with Crippen LogP contribution < -0.4 is 5.73 Å². The lowest BCUT2D eigenvalue weighted by molar-refractivity contribution is 0.896. The molecule has 1 rings (SSSR count). The number of rotatable bonds is 6. The highest BCUT2D eigenvalue weighted by Gasteiger charge is 1.97. The first-order valence-electron chi connectivity index (χ1n) is 5.25. The number of benzene rings is 1. The molecule has 0 amide bonds. The monoisotopic (exact) mass is 222 g/mol. The number of hydrogen-bond acceptors (Lipinski definition) is 2. The Bertz CT molecular complexity index is 306. The molecule has 0 aliphatic carbocycles. The minimum Gasteiger partial charge on any atom is -0.384 e. The Morgan fingerprint density at radius 3 is 2.53 bits per heavy atom. The maximum atomic E-state index is 7.27. The zero-order valence-electron chi connectivity index (χ0n) is 9.12. The van der Waals surface area contributed by atoms with E-state index in [2.05, 4.69) is 19.1 Å². The minimum absolute atomic E-state index is 0.139. The number of hydrogen-bond donors (Lipinski definition) is 2. The number of amidine groups is 1. The van der Waals surface area contributed by atoms with Gasteiger partial charge >= 0.3 is 0 Å². The molecule has 1 aromatic carbocycles. The van der Waals surface area contributed by atoms with E-state index in [9.17, 15) is 0 Å². The molecule has 82 valence electrons. The van der Waals surface area contributed by atoms with Crippen LogP contribution in [-0.4, -0.2) is 11.6 Å². The lowest BCUT2D eigenvalue weighted by Gasteiger charge is -2.02. The fraction of sp³-hybridized carbons (Fsp3) is 0.417. The molecule has 0 aliphatic rings. The van der Waals surface area contributed by atoms with Crippen LogP contribution in [0, 0.1) is 5.41 Å². The molecule has 0 bridgehead atoms. The number of nitrogens with one attached hydrogen (secondary N) is 1. The van der Waals surface area contributed by atoms with Crippen molar-refractivity contribution in [1.82, 2.24) is 0 Å². The molecule has 0 fully saturated rings. The third-order valence-electron chi connectivity index (χ3n) is 2.18. The molecule has 0 atom stereocenters. The Morgan fingerprint density at radius 1 is 1.33 bits per heavy atom. The zero-order chi connectivity index (χ0) is 11.1. The summed E-state index contributed by atoms with van der Waals surface area (Å²) >= 11 is 1.96. The van der Waals surface area contributed by atoms with E-state index < -0.39 is 0 Å². The van der Waals surface area contributed by atoms with Crippen molar-refractivity contribution in [2.45, 2.75) is 25.5 Å². The highest BCUT2D eigenvalue weighted by atomic mass is 32.2. The fourth-order valence-electron chi connectivity index (χ4n) is 1.22. The molecule has 15 heavy (non-hydrogen) atoms. The van der Waals surface area contributed by atoms with Crippen LogP contribution in [0.25, 0.3) is 0 Å². The standard InChI is InChI=1S/C12H18N2S/c1-2-3-8-15-9-10-4-6-11(7-5-10)12(13)14/h4-7H,2-3,8-9H2,1H3,(H3,13,14). The highest BCUT2D eigenvalue weighted by Crippen LogP contribution is 2.14. The molecule has 0 aliphatic heterocycles. The second-order valence-corrected chi connectivity index (χ2v) is 4.62. The Labute approximate surface area is 95.8 Å². The van der Waals surface area contributed by atoms with E-state index in [4.69, 9.17) is 11.1 Å². The molecular formula is C12H18N2S. The zero-order valence-corrected chi connectivity index (χ0v) is 9.94. The quantitative estimate of drug-likeness (QED) is 0.441. The predicted molar refractivity (Wildman–Crippen MR) is 68.5 cm³/mol. The average Bonchev–Trinajstić information content (AvgIpc) is 2.25. The summed E-state index contributed by atoms with van der Waals surface area (Å²) in [5, 5.41) is 7.27. The molecular weight excluding hydrogens is 204 g/mol. The summed E-state index contributed by atoms with van der Waals surface area (Å²) in [6, 6.07) is 7.93. The van der Waals surface area contributed by atoms with Gasteiger partial charge in [0, 0.05) is 11.3 Å². The molecule has 0 radical (unpaired) electrons. The van der Waals surface area contributed by atoms with Crippen molar-refractivity contribution >= 4 is 17.6 Å². The number of thioether (sulfide) groups is 1. The second-order valence-electron chi connectivity index (χ2n) is 3.52. The summed E-state index contributed by atoms with van der Waals surface area (Å²) in [6.07, 6.45) is 2.55. The first-order chi connectivity index (χ1) is 7.24. The van der Waals surface area contributed by atoms with Gasteiger partial charge in [0.15, 0.2) is 0 Å². The van der Waals surface area contributed by atoms with E-state index >= 15 is 0 Å². The summed E-state index contributed by atoms with van der Waals surface area (Å²) in [5.74, 6) is 2.42. The van der Waals surface area contributed by atoms with Crippen LogP contribution >= 0.6 is 11.8 Å². The summed E-state index contributed by atoms with van der Waals surface area (Å²) in [6.45, 7) is 2.21. The molecule has 0 heterocycles. The van der Waals surface area contributed by atoms with Gasteiger partial charge in [0.1, 0.15) is 5.84 Å². The Morgan fingerprint density at radius 2 is 2.00 bits per heavy atom. The van der Waals surface area contributed by atoms with Crippen LogP contribution in [0.3, 0.4) is 0 Å². The van der Waals surface area contributed by atoms with Crippen molar-refractivity contribution in [3.05, 3.63) is 35.4 Å². The Hall–Kier alpha value is -0.960. The van der Waals surface area contributed by atoms with Gasteiger partial charge in [-0.3, -0.25) is 5.41 Å². The van der Waals surface area contributed by atoms with Crippen LogP contribution in [0.15, 0.2) is 24.3 Å². The lowest BCUT2D eigenvalue weighted by Crippen LogP contribution is -2.10. The molecule has 0 spiro atoms. The minimum atomic E-state index is 0.139. The van der Waals surface area contributed by atoms with E-state index in [0.29, 0.717) is 0 Å². The van der Waals surface area contributed by atoms with Crippen molar-refractivity contribution in [2.75, 3.05) is 5.75 Å². The number of unbranched alkanes of at least 4 members (excludes halogenated alkanes) is 1. The SMILES string of the molecule is CCCCSCc1ccc(C(=N)N)cc1. The van der Waals surface area contributed by atoms with Crippen molar-refractivity contribution in [3.8, 4) is 0 Å². The van der Waals surface area contributed by atoms with E-state index in [1.165, 1.54) is 24.2 Å². The molecule has 0 aromatic heterocycles. The molecule has 0 saturated heterocycles. The maximum absolute atomic E-state index is 7.27. The van der Waals surface area contributed by atoms with Crippen molar-refractivity contribution < 1.29 is 0 Å². The van der Waals surface area contributed by atoms with E-state index in [1.54, 1.807) is 0 Å². The highest BCUT2D eigenvalue weighted by molar-refractivity contribution is 7.98. The normalized spacial score (nSPS) is 10.2. The molecule has 2 nitrogen and oxygen atoms in total. The van der Waals surface area contributed by atoms with Gasteiger partial charge in [-0.15, -0.1) is 0 Å². The van der Waals surface area contributed by atoms with Gasteiger partial charge < -0.3 is 5.73 Å². The van der Waals surface area contributed by atoms with Gasteiger partial charge in [0.2, 0.25) is 0 Å². The average molecular weight is 222 g/mol. The molecule has 3 N–H and O–H groups in total. The summed E-state index contributed by atoms with van der Waals surface area (Å²) in [4.78, 5) is 0. The van der Waals surface area contributed by atoms with Crippen molar-refractivity contribution in [1.29, 1.82) is 5.41 Å². The number of nitrogens with two attached hydrogens (primary N) is 1. The van der Waals surface area contributed by atoms with Crippen LogP contribution in [-0.2, 0) is 5.75 Å². The van der Waals surface area contributed by atoms with Gasteiger partial charge in [-0.1, -0.05) is 37.6 Å². The maximum Gasteiger partial charge on any atom is 0.122 e. The largest absolute Gasteiger partial charge is 0.384 e. The lowest BCUT2D eigenvalue weighted by atomic mass is 10.1. The molecule has 0 saturated carbocycles. The van der Waals surface area contributed by atoms with E-state index in [-0.39, 0.29) is 5.84 Å². The van der Waals surface area contributed by atoms with Gasteiger partial charge in [-0.05, 0) is 17.7 Å². The second kappa shape index (κ2) is 6.51. The van der Waals surface area contributed by atoms with Gasteiger partial charge in [-0.2, -0.15) is 11.8 Å². The topological polar surface area (TPSA) is 49.9 Å². The van der Waals surface area contributed by atoms with Crippen molar-refractivity contribution in [3.63, 3.8) is 0 Å². The van der Waals surface area contributed by atoms with Crippen LogP contribution in [0.4, 0.5) is 0 Å². The predicted octanol–water partition coefficient (Wildman–Crippen LogP) is 3.00. The summed E-state index contributed by atoms with van der Waals surface area (Å²) in [5.41, 5.74) is 7.49. The summed E-state index contributed by atoms with van der Waals surface area (Å²) in [7, 11) is 0. The summed E-state index contributed by atoms with van der Waals surface area (Å²) < 4.78 is 0.